The van der Waals surface area contributed by atoms with Gasteiger partial charge in [0.15, 0.2) is 18.9 Å². The molecule has 2 aromatic rings. The fourth-order valence-electron chi connectivity index (χ4n) is 1.47. The largest absolute Gasteiger partial charge is 0.281 e. The van der Waals surface area contributed by atoms with Crippen molar-refractivity contribution in [1.82, 2.24) is 0 Å². The van der Waals surface area contributed by atoms with Gasteiger partial charge >= 0.3 is 0 Å². The van der Waals surface area contributed by atoms with Crippen LogP contribution in [0.1, 0.15) is 5.56 Å². The molecule has 1 heterocycles. The number of aromatic nitrogens is 1. The molecule has 80 valence electrons. The van der Waals surface area contributed by atoms with E-state index in [4.69, 9.17) is 0 Å². The lowest BCUT2D eigenvalue weighted by molar-refractivity contribution is -0.688. The van der Waals surface area contributed by atoms with Crippen LogP contribution in [0.25, 0.3) is 0 Å². The molecule has 0 N–H and O–H groups in total. The highest BCUT2D eigenvalue weighted by molar-refractivity contribution is 5.23. The molecule has 0 bridgehead atoms. The Balaban J connectivity index is 2.14. The van der Waals surface area contributed by atoms with Gasteiger partial charge in [0.05, 0.1) is 17.1 Å². The maximum Gasteiger partial charge on any atom is 0.281 e. The first-order valence-corrected chi connectivity index (χ1v) is 4.93. The molecule has 4 nitrogen and oxygen atoms in total. The van der Waals surface area contributed by atoms with E-state index >= 15 is 0 Å². The standard InChI is InChI=1S/C12H11N2O2/c15-14(16)12-6-8-13(9-7-12)10-11-4-2-1-3-5-11/h1-9H,10H2/q+1. The van der Waals surface area contributed by atoms with Crippen LogP contribution in [-0.2, 0) is 6.54 Å². The topological polar surface area (TPSA) is 47.0 Å². The van der Waals surface area contributed by atoms with Gasteiger partial charge in [-0.3, -0.25) is 10.1 Å². The van der Waals surface area contributed by atoms with E-state index in [9.17, 15) is 10.1 Å². The van der Waals surface area contributed by atoms with Crippen molar-refractivity contribution in [2.24, 2.45) is 0 Å². The minimum Gasteiger partial charge on any atom is -0.258 e. The minimum atomic E-state index is -0.396. The molecule has 0 aliphatic heterocycles. The second kappa shape index (κ2) is 4.53. The van der Waals surface area contributed by atoms with Gasteiger partial charge in [-0.15, -0.1) is 0 Å². The predicted molar refractivity (Wildman–Crippen MR) is 58.8 cm³/mol. The summed E-state index contributed by atoms with van der Waals surface area (Å²) in [5.74, 6) is 0. The smallest absolute Gasteiger partial charge is 0.258 e. The van der Waals surface area contributed by atoms with Crippen LogP contribution in [-0.4, -0.2) is 4.92 Å². The lowest BCUT2D eigenvalue weighted by Gasteiger charge is -1.96. The second-order valence-electron chi connectivity index (χ2n) is 3.47. The molecule has 1 aromatic heterocycles. The number of pyridine rings is 1. The summed E-state index contributed by atoms with van der Waals surface area (Å²) in [4.78, 5) is 10.1. The molecule has 0 saturated carbocycles. The molecule has 1 aromatic carbocycles. The molecule has 2 rings (SSSR count). The van der Waals surface area contributed by atoms with Crippen molar-refractivity contribution in [2.45, 2.75) is 6.54 Å². The van der Waals surface area contributed by atoms with Gasteiger partial charge in [0.2, 0.25) is 0 Å². The van der Waals surface area contributed by atoms with Gasteiger partial charge in [-0.1, -0.05) is 30.3 Å². The molecule has 16 heavy (non-hydrogen) atoms. The van der Waals surface area contributed by atoms with Crippen LogP contribution >= 0.6 is 0 Å². The van der Waals surface area contributed by atoms with Crippen molar-refractivity contribution in [2.75, 3.05) is 0 Å². The van der Waals surface area contributed by atoms with Gasteiger partial charge in [-0.2, -0.15) is 0 Å². The first-order chi connectivity index (χ1) is 7.75. The Hall–Kier alpha value is -2.23. The van der Waals surface area contributed by atoms with Gasteiger partial charge in [0.1, 0.15) is 0 Å². The van der Waals surface area contributed by atoms with Crippen LogP contribution in [0.15, 0.2) is 54.9 Å². The molecule has 0 saturated heterocycles. The summed E-state index contributed by atoms with van der Waals surface area (Å²) in [6, 6.07) is 13.0. The number of hydrogen-bond donors (Lipinski definition) is 0. The Morgan fingerprint density at radius 3 is 2.25 bits per heavy atom. The van der Waals surface area contributed by atoms with Gasteiger partial charge < -0.3 is 0 Å². The van der Waals surface area contributed by atoms with Gasteiger partial charge in [-0.05, 0) is 0 Å². The van der Waals surface area contributed by atoms with Gasteiger partial charge in [-0.25, -0.2) is 4.57 Å². The van der Waals surface area contributed by atoms with Crippen LogP contribution in [0, 0.1) is 10.1 Å². The zero-order valence-corrected chi connectivity index (χ0v) is 8.61. The van der Waals surface area contributed by atoms with E-state index in [1.165, 1.54) is 17.7 Å². The van der Waals surface area contributed by atoms with Crippen molar-refractivity contribution < 1.29 is 9.49 Å². The van der Waals surface area contributed by atoms with E-state index in [0.29, 0.717) is 0 Å². The van der Waals surface area contributed by atoms with Crippen LogP contribution in [0.4, 0.5) is 5.69 Å². The molecule has 0 aliphatic carbocycles. The highest BCUT2D eigenvalue weighted by Crippen LogP contribution is 2.06. The fourth-order valence-corrected chi connectivity index (χ4v) is 1.47. The van der Waals surface area contributed by atoms with E-state index in [1.54, 1.807) is 12.4 Å². The summed E-state index contributed by atoms with van der Waals surface area (Å²) in [6.07, 6.45) is 3.43. The first kappa shape index (κ1) is 10.3. The summed E-state index contributed by atoms with van der Waals surface area (Å²) < 4.78 is 1.91. The van der Waals surface area contributed by atoms with Crippen LogP contribution in [0.2, 0.25) is 0 Å². The van der Waals surface area contributed by atoms with E-state index in [0.717, 1.165) is 6.54 Å². The Morgan fingerprint density at radius 2 is 1.69 bits per heavy atom. The minimum absolute atomic E-state index is 0.115. The predicted octanol–water partition coefficient (Wildman–Crippen LogP) is 1.93. The molecule has 0 aliphatic rings. The van der Waals surface area contributed by atoms with E-state index in [1.807, 2.05) is 34.9 Å². The quantitative estimate of drug-likeness (QED) is 0.446. The fraction of sp³-hybridized carbons (Fsp3) is 0.0833. The van der Waals surface area contributed by atoms with E-state index < -0.39 is 4.92 Å². The third-order valence-electron chi connectivity index (χ3n) is 2.29. The Kier molecular flexibility index (Phi) is 2.91. The van der Waals surface area contributed by atoms with Gasteiger partial charge in [0.25, 0.3) is 5.69 Å². The summed E-state index contributed by atoms with van der Waals surface area (Å²) in [5, 5.41) is 10.5. The monoisotopic (exact) mass is 215 g/mol. The Labute approximate surface area is 92.9 Å². The van der Waals surface area contributed by atoms with Crippen LogP contribution in [0.5, 0.6) is 0 Å². The molecule has 0 amide bonds. The molecule has 0 spiro atoms. The highest BCUT2D eigenvalue weighted by atomic mass is 16.6. The SMILES string of the molecule is O=[N+]([O-])c1cc[n+](Cc2ccccc2)cc1. The second-order valence-corrected chi connectivity index (χ2v) is 3.47. The summed E-state index contributed by atoms with van der Waals surface area (Å²) in [5.41, 5.74) is 1.28. The molecule has 4 heteroatoms. The lowest BCUT2D eigenvalue weighted by atomic mass is 10.2. The first-order valence-electron chi connectivity index (χ1n) is 4.93. The molecular formula is C12H11N2O2+. The molecule has 0 unspecified atom stereocenters. The number of nitrogens with zero attached hydrogens (tertiary/aromatic N) is 2. The third-order valence-corrected chi connectivity index (χ3v) is 2.29. The summed E-state index contributed by atoms with van der Waals surface area (Å²) >= 11 is 0. The highest BCUT2D eigenvalue weighted by Gasteiger charge is 2.08. The van der Waals surface area contributed by atoms with Crippen molar-refractivity contribution >= 4 is 5.69 Å². The number of hydrogen-bond acceptors (Lipinski definition) is 2. The van der Waals surface area contributed by atoms with Crippen molar-refractivity contribution in [1.29, 1.82) is 0 Å². The van der Waals surface area contributed by atoms with Gasteiger partial charge in [0, 0.05) is 5.56 Å². The molecule has 0 atom stereocenters. The summed E-state index contributed by atoms with van der Waals surface area (Å²) in [7, 11) is 0. The number of benzene rings is 1. The average Bonchev–Trinajstić information content (AvgIpc) is 2.31. The summed E-state index contributed by atoms with van der Waals surface area (Å²) in [6.45, 7) is 0.721. The Morgan fingerprint density at radius 1 is 1.06 bits per heavy atom. The van der Waals surface area contributed by atoms with Crippen LogP contribution in [0.3, 0.4) is 0 Å². The maximum atomic E-state index is 10.5. The third kappa shape index (κ3) is 2.42. The van der Waals surface area contributed by atoms with E-state index in [2.05, 4.69) is 0 Å². The van der Waals surface area contributed by atoms with Crippen molar-refractivity contribution in [3.63, 3.8) is 0 Å². The number of nitro groups is 1. The average molecular weight is 215 g/mol. The van der Waals surface area contributed by atoms with Crippen molar-refractivity contribution in [3.05, 3.63) is 70.5 Å². The molecular weight excluding hydrogens is 204 g/mol. The van der Waals surface area contributed by atoms with Crippen molar-refractivity contribution in [3.8, 4) is 0 Å². The zero-order valence-electron chi connectivity index (χ0n) is 8.61. The molecule has 0 radical (unpaired) electrons. The van der Waals surface area contributed by atoms with E-state index in [-0.39, 0.29) is 5.69 Å². The van der Waals surface area contributed by atoms with Crippen LogP contribution < -0.4 is 4.57 Å². The Bertz CT molecular complexity index is 480. The molecule has 0 fully saturated rings. The maximum absolute atomic E-state index is 10.5. The number of rotatable bonds is 3. The normalized spacial score (nSPS) is 10.0. The zero-order chi connectivity index (χ0) is 11.4. The lowest BCUT2D eigenvalue weighted by Crippen LogP contribution is -2.32.